The maximum atomic E-state index is 13.1. The predicted molar refractivity (Wildman–Crippen MR) is 122 cm³/mol. The first-order valence-electron chi connectivity index (χ1n) is 9.89. The first-order valence-corrected chi connectivity index (χ1v) is 11.4. The van der Waals surface area contributed by atoms with E-state index in [4.69, 9.17) is 11.6 Å². The number of halogens is 1. The SMILES string of the molecule is CCNC(=O)C(CC)N(Cc1ccc(C)cc1)C(=O)CSCc1cccc(Cl)c1. The number of hydrogen-bond acceptors (Lipinski definition) is 3. The van der Waals surface area contributed by atoms with Crippen LogP contribution >= 0.6 is 23.4 Å². The number of rotatable bonds is 10. The quantitative estimate of drug-likeness (QED) is 0.585. The Balaban J connectivity index is 2.10. The molecule has 1 unspecified atom stereocenters. The van der Waals surface area contributed by atoms with Crippen LogP contribution in [0.1, 0.15) is 37.0 Å². The number of nitrogens with zero attached hydrogens (tertiary/aromatic N) is 1. The highest BCUT2D eigenvalue weighted by Gasteiger charge is 2.28. The summed E-state index contributed by atoms with van der Waals surface area (Å²) < 4.78 is 0. The fourth-order valence-electron chi connectivity index (χ4n) is 3.07. The maximum Gasteiger partial charge on any atom is 0.242 e. The Bertz CT molecular complexity index is 811. The second kappa shape index (κ2) is 11.9. The highest BCUT2D eigenvalue weighted by Crippen LogP contribution is 2.19. The first kappa shape index (κ1) is 23.3. The van der Waals surface area contributed by atoms with Gasteiger partial charge in [-0.2, -0.15) is 0 Å². The van der Waals surface area contributed by atoms with Crippen molar-refractivity contribution in [2.75, 3.05) is 12.3 Å². The maximum absolute atomic E-state index is 13.1. The lowest BCUT2D eigenvalue weighted by atomic mass is 10.1. The fourth-order valence-corrected chi connectivity index (χ4v) is 4.14. The molecule has 0 aromatic heterocycles. The molecular weight excluding hydrogens is 404 g/mol. The highest BCUT2D eigenvalue weighted by molar-refractivity contribution is 7.99. The molecule has 2 aromatic carbocycles. The standard InChI is InChI=1S/C23H29ClN2O2S/c1-4-21(23(28)25-5-2)26(14-18-11-9-17(3)10-12-18)22(27)16-29-15-19-7-6-8-20(24)13-19/h6-13,21H,4-5,14-16H2,1-3H3,(H,25,28). The van der Waals surface area contributed by atoms with Crippen LogP contribution in [-0.4, -0.2) is 35.1 Å². The summed E-state index contributed by atoms with van der Waals surface area (Å²) >= 11 is 7.57. The lowest BCUT2D eigenvalue weighted by Gasteiger charge is -2.30. The average molecular weight is 433 g/mol. The van der Waals surface area contributed by atoms with E-state index in [9.17, 15) is 9.59 Å². The van der Waals surface area contributed by atoms with Crippen LogP contribution < -0.4 is 5.32 Å². The van der Waals surface area contributed by atoms with Gasteiger partial charge < -0.3 is 10.2 Å². The lowest BCUT2D eigenvalue weighted by molar-refractivity contribution is -0.139. The molecule has 0 saturated heterocycles. The van der Waals surface area contributed by atoms with Crippen LogP contribution in [0.3, 0.4) is 0 Å². The summed E-state index contributed by atoms with van der Waals surface area (Å²) in [5.41, 5.74) is 3.27. The van der Waals surface area contributed by atoms with Gasteiger partial charge in [-0.1, -0.05) is 60.5 Å². The third-order valence-corrected chi connectivity index (χ3v) is 5.82. The van der Waals surface area contributed by atoms with Crippen molar-refractivity contribution < 1.29 is 9.59 Å². The Kier molecular flexibility index (Phi) is 9.55. The summed E-state index contributed by atoms with van der Waals surface area (Å²) in [6.45, 7) is 6.83. The van der Waals surface area contributed by atoms with E-state index in [0.29, 0.717) is 36.0 Å². The van der Waals surface area contributed by atoms with Crippen LogP contribution in [0.25, 0.3) is 0 Å². The number of likely N-dealkylation sites (N-methyl/N-ethyl adjacent to an activating group) is 1. The van der Waals surface area contributed by atoms with Crippen LogP contribution in [0.4, 0.5) is 0 Å². The van der Waals surface area contributed by atoms with E-state index in [0.717, 1.165) is 11.1 Å². The molecule has 1 atom stereocenters. The van der Waals surface area contributed by atoms with E-state index in [1.165, 1.54) is 17.3 Å². The number of amides is 2. The molecule has 2 rings (SSSR count). The minimum Gasteiger partial charge on any atom is -0.355 e. The second-order valence-electron chi connectivity index (χ2n) is 6.95. The summed E-state index contributed by atoms with van der Waals surface area (Å²) in [5.74, 6) is 0.877. The number of carbonyl (C=O) groups is 2. The Morgan fingerprint density at radius 1 is 1.10 bits per heavy atom. The molecule has 0 aliphatic rings. The lowest BCUT2D eigenvalue weighted by Crippen LogP contribution is -2.49. The second-order valence-corrected chi connectivity index (χ2v) is 8.37. The molecule has 2 aromatic rings. The number of aryl methyl sites for hydroxylation is 1. The Morgan fingerprint density at radius 2 is 1.83 bits per heavy atom. The van der Waals surface area contributed by atoms with Gasteiger partial charge in [-0.05, 0) is 43.5 Å². The van der Waals surface area contributed by atoms with Crippen LogP contribution in [0, 0.1) is 6.92 Å². The van der Waals surface area contributed by atoms with Crippen molar-refractivity contribution in [2.45, 2.75) is 45.5 Å². The van der Waals surface area contributed by atoms with Crippen molar-refractivity contribution in [1.29, 1.82) is 0 Å². The minimum atomic E-state index is -0.476. The van der Waals surface area contributed by atoms with Crippen molar-refractivity contribution in [2.24, 2.45) is 0 Å². The van der Waals surface area contributed by atoms with Gasteiger partial charge in [0.25, 0.3) is 0 Å². The number of carbonyl (C=O) groups excluding carboxylic acids is 2. The zero-order valence-electron chi connectivity index (χ0n) is 17.3. The van der Waals surface area contributed by atoms with E-state index in [1.807, 2.05) is 69.3 Å². The zero-order chi connectivity index (χ0) is 21.2. The van der Waals surface area contributed by atoms with Gasteiger partial charge >= 0.3 is 0 Å². The molecule has 4 nitrogen and oxygen atoms in total. The number of nitrogens with one attached hydrogen (secondary N) is 1. The monoisotopic (exact) mass is 432 g/mol. The van der Waals surface area contributed by atoms with E-state index in [1.54, 1.807) is 4.90 Å². The predicted octanol–water partition coefficient (Wildman–Crippen LogP) is 4.83. The third kappa shape index (κ3) is 7.41. The molecule has 0 radical (unpaired) electrons. The third-order valence-electron chi connectivity index (χ3n) is 4.59. The molecule has 0 aliphatic heterocycles. The molecule has 6 heteroatoms. The van der Waals surface area contributed by atoms with Gasteiger partial charge in [0.1, 0.15) is 6.04 Å². The normalized spacial score (nSPS) is 11.7. The number of hydrogen-bond donors (Lipinski definition) is 1. The Morgan fingerprint density at radius 3 is 2.45 bits per heavy atom. The fraction of sp³-hybridized carbons (Fsp3) is 0.391. The summed E-state index contributed by atoms with van der Waals surface area (Å²) in [6, 6.07) is 15.3. The topological polar surface area (TPSA) is 49.4 Å². The molecule has 156 valence electrons. The molecule has 0 spiro atoms. The molecule has 0 aliphatic carbocycles. The largest absolute Gasteiger partial charge is 0.355 e. The van der Waals surface area contributed by atoms with Crippen LogP contribution in [-0.2, 0) is 21.9 Å². The van der Waals surface area contributed by atoms with E-state index in [2.05, 4.69) is 5.32 Å². The summed E-state index contributed by atoms with van der Waals surface area (Å²) in [7, 11) is 0. The summed E-state index contributed by atoms with van der Waals surface area (Å²) in [6.07, 6.45) is 0.572. The van der Waals surface area contributed by atoms with Gasteiger partial charge in [-0.3, -0.25) is 9.59 Å². The Hall–Kier alpha value is -1.98. The van der Waals surface area contributed by atoms with Crippen molar-refractivity contribution in [3.05, 3.63) is 70.2 Å². The van der Waals surface area contributed by atoms with Crippen molar-refractivity contribution in [3.8, 4) is 0 Å². The van der Waals surface area contributed by atoms with Gasteiger partial charge in [0, 0.05) is 23.9 Å². The average Bonchev–Trinajstić information content (AvgIpc) is 2.69. The van der Waals surface area contributed by atoms with E-state index in [-0.39, 0.29) is 11.8 Å². The number of benzene rings is 2. The van der Waals surface area contributed by atoms with Crippen molar-refractivity contribution in [3.63, 3.8) is 0 Å². The number of thioether (sulfide) groups is 1. The molecule has 0 fully saturated rings. The van der Waals surface area contributed by atoms with E-state index >= 15 is 0 Å². The minimum absolute atomic E-state index is 0.0318. The van der Waals surface area contributed by atoms with Gasteiger partial charge in [0.2, 0.25) is 11.8 Å². The molecule has 1 N–H and O–H groups in total. The molecular formula is C23H29ClN2O2S. The van der Waals surface area contributed by atoms with Gasteiger partial charge in [-0.25, -0.2) is 0 Å². The molecule has 0 heterocycles. The van der Waals surface area contributed by atoms with Crippen molar-refractivity contribution >= 4 is 35.2 Å². The highest BCUT2D eigenvalue weighted by atomic mass is 35.5. The first-order chi connectivity index (χ1) is 13.9. The van der Waals surface area contributed by atoms with Crippen LogP contribution in [0.5, 0.6) is 0 Å². The Labute approximate surface area is 183 Å². The summed E-state index contributed by atoms with van der Waals surface area (Å²) in [5, 5.41) is 3.55. The van der Waals surface area contributed by atoms with Gasteiger partial charge in [0.15, 0.2) is 0 Å². The smallest absolute Gasteiger partial charge is 0.242 e. The zero-order valence-corrected chi connectivity index (χ0v) is 18.9. The molecule has 0 bridgehead atoms. The van der Waals surface area contributed by atoms with E-state index < -0.39 is 6.04 Å². The molecule has 0 saturated carbocycles. The van der Waals surface area contributed by atoms with Gasteiger partial charge in [0.05, 0.1) is 5.75 Å². The van der Waals surface area contributed by atoms with Crippen LogP contribution in [0.15, 0.2) is 48.5 Å². The van der Waals surface area contributed by atoms with Gasteiger partial charge in [-0.15, -0.1) is 11.8 Å². The summed E-state index contributed by atoms with van der Waals surface area (Å²) in [4.78, 5) is 27.4. The van der Waals surface area contributed by atoms with Crippen molar-refractivity contribution in [1.82, 2.24) is 10.2 Å². The van der Waals surface area contributed by atoms with Crippen LogP contribution in [0.2, 0.25) is 5.02 Å². The molecule has 29 heavy (non-hydrogen) atoms. The molecule has 2 amide bonds.